The molecule has 0 aromatic heterocycles. The van der Waals surface area contributed by atoms with E-state index in [2.05, 4.69) is 30.1 Å². The summed E-state index contributed by atoms with van der Waals surface area (Å²) >= 11 is 0. The lowest BCUT2D eigenvalue weighted by Crippen LogP contribution is -2.45. The van der Waals surface area contributed by atoms with Crippen molar-refractivity contribution in [3.8, 4) is 5.75 Å². The van der Waals surface area contributed by atoms with E-state index in [4.69, 9.17) is 0 Å². The maximum Gasteiger partial charge on any atom is 0.115 e. The van der Waals surface area contributed by atoms with Gasteiger partial charge in [-0.1, -0.05) is 26.0 Å². The summed E-state index contributed by atoms with van der Waals surface area (Å²) in [7, 11) is 0. The number of benzene rings is 1. The lowest BCUT2D eigenvalue weighted by Gasteiger charge is -2.35. The van der Waals surface area contributed by atoms with Gasteiger partial charge < -0.3 is 10.4 Å². The van der Waals surface area contributed by atoms with Crippen LogP contribution < -0.4 is 5.32 Å². The number of nitrogens with one attached hydrogen (secondary N) is 1. The number of rotatable bonds is 5. The molecule has 3 nitrogen and oxygen atoms in total. The number of nitrogens with zero attached hydrogens (tertiary/aromatic N) is 1. The molecule has 3 heteroatoms. The molecule has 106 valence electrons. The van der Waals surface area contributed by atoms with Gasteiger partial charge in [-0.25, -0.2) is 0 Å². The maximum absolute atomic E-state index is 9.71. The lowest BCUT2D eigenvalue weighted by atomic mass is 9.95. The molecule has 1 saturated heterocycles. The third-order valence-electron chi connectivity index (χ3n) is 3.86. The van der Waals surface area contributed by atoms with E-state index >= 15 is 0 Å². The van der Waals surface area contributed by atoms with Crippen molar-refractivity contribution < 1.29 is 5.11 Å². The first kappa shape index (κ1) is 14.4. The number of aromatic hydroxyl groups is 1. The monoisotopic (exact) mass is 262 g/mol. The molecule has 1 aromatic rings. The summed E-state index contributed by atoms with van der Waals surface area (Å²) in [5, 5.41) is 13.1. The van der Waals surface area contributed by atoms with Crippen LogP contribution in [0.2, 0.25) is 0 Å². The third-order valence-corrected chi connectivity index (χ3v) is 3.86. The Bertz CT molecular complexity index is 386. The Balaban J connectivity index is 2.12. The molecule has 0 radical (unpaired) electrons. The summed E-state index contributed by atoms with van der Waals surface area (Å²) in [6.07, 6.45) is 2.39. The molecule has 1 aliphatic rings. The van der Waals surface area contributed by atoms with Crippen LogP contribution in [0, 0.1) is 5.92 Å². The van der Waals surface area contributed by atoms with E-state index in [0.717, 1.165) is 32.1 Å². The van der Waals surface area contributed by atoms with Gasteiger partial charge in [0.05, 0.1) is 0 Å². The van der Waals surface area contributed by atoms with Gasteiger partial charge >= 0.3 is 0 Å². The van der Waals surface area contributed by atoms with Crippen molar-refractivity contribution in [1.82, 2.24) is 10.2 Å². The van der Waals surface area contributed by atoms with Gasteiger partial charge in [-0.3, -0.25) is 4.90 Å². The molecule has 19 heavy (non-hydrogen) atoms. The fourth-order valence-electron chi connectivity index (χ4n) is 2.78. The first-order valence-corrected chi connectivity index (χ1v) is 7.40. The molecule has 1 aliphatic heterocycles. The van der Waals surface area contributed by atoms with Gasteiger partial charge in [-0.15, -0.1) is 0 Å². The van der Waals surface area contributed by atoms with Crippen LogP contribution in [0.5, 0.6) is 5.75 Å². The molecule has 1 fully saturated rings. The summed E-state index contributed by atoms with van der Waals surface area (Å²) in [6.45, 7) is 8.87. The number of hydrogen-bond acceptors (Lipinski definition) is 3. The van der Waals surface area contributed by atoms with Crippen molar-refractivity contribution in [2.45, 2.75) is 32.7 Å². The van der Waals surface area contributed by atoms with Gasteiger partial charge in [0.25, 0.3) is 0 Å². The quantitative estimate of drug-likeness (QED) is 0.856. The minimum absolute atomic E-state index is 0.377. The van der Waals surface area contributed by atoms with Gasteiger partial charge in [-0.2, -0.15) is 0 Å². The number of phenols is 1. The van der Waals surface area contributed by atoms with Crippen molar-refractivity contribution >= 4 is 0 Å². The van der Waals surface area contributed by atoms with Crippen LogP contribution in [0.25, 0.3) is 0 Å². The molecule has 2 rings (SSSR count). The topological polar surface area (TPSA) is 35.5 Å². The second kappa shape index (κ2) is 6.92. The molecule has 0 unspecified atom stereocenters. The molecule has 2 N–H and O–H groups in total. The van der Waals surface area contributed by atoms with Crippen molar-refractivity contribution in [3.05, 3.63) is 29.8 Å². The van der Waals surface area contributed by atoms with Crippen LogP contribution in [-0.4, -0.2) is 36.2 Å². The highest BCUT2D eigenvalue weighted by atomic mass is 16.3. The van der Waals surface area contributed by atoms with Crippen molar-refractivity contribution in [2.24, 2.45) is 5.92 Å². The van der Waals surface area contributed by atoms with E-state index in [1.165, 1.54) is 18.4 Å². The SMILES string of the molecule is CC(C)CC[C@H](c1cccc(O)c1)N1CCNCC1. The highest BCUT2D eigenvalue weighted by Gasteiger charge is 2.22. The Morgan fingerprint density at radius 2 is 1.95 bits per heavy atom. The predicted molar refractivity (Wildman–Crippen MR) is 79.4 cm³/mol. The smallest absolute Gasteiger partial charge is 0.115 e. The summed E-state index contributed by atoms with van der Waals surface area (Å²) in [4.78, 5) is 2.55. The third kappa shape index (κ3) is 4.22. The number of hydrogen-bond donors (Lipinski definition) is 2. The van der Waals surface area contributed by atoms with Crippen LogP contribution in [0.4, 0.5) is 0 Å². The van der Waals surface area contributed by atoms with Gasteiger partial charge in [0.15, 0.2) is 0 Å². The molecule has 0 amide bonds. The molecular formula is C16H26N2O. The average Bonchev–Trinajstić information content (AvgIpc) is 2.40. The summed E-state index contributed by atoms with van der Waals surface area (Å²) < 4.78 is 0. The standard InChI is InChI=1S/C16H26N2O/c1-13(2)6-7-16(18-10-8-17-9-11-18)14-4-3-5-15(19)12-14/h3-5,12-13,16-17,19H,6-11H2,1-2H3/t16-/m1/s1. The first-order chi connectivity index (χ1) is 9.16. The van der Waals surface area contributed by atoms with Crippen molar-refractivity contribution in [3.63, 3.8) is 0 Å². The molecule has 1 atom stereocenters. The van der Waals surface area contributed by atoms with E-state index in [-0.39, 0.29) is 0 Å². The lowest BCUT2D eigenvalue weighted by molar-refractivity contribution is 0.159. The van der Waals surface area contributed by atoms with Crippen molar-refractivity contribution in [2.75, 3.05) is 26.2 Å². The predicted octanol–water partition coefficient (Wildman–Crippen LogP) is 2.77. The van der Waals surface area contributed by atoms with E-state index < -0.39 is 0 Å². The normalized spacial score (nSPS) is 18.7. The summed E-state index contributed by atoms with van der Waals surface area (Å²) in [6, 6.07) is 8.21. The summed E-state index contributed by atoms with van der Waals surface area (Å²) in [5.74, 6) is 1.10. The van der Waals surface area contributed by atoms with Crippen LogP contribution in [0.1, 0.15) is 38.3 Å². The first-order valence-electron chi connectivity index (χ1n) is 7.40. The van der Waals surface area contributed by atoms with Crippen LogP contribution in [-0.2, 0) is 0 Å². The molecule has 1 aromatic carbocycles. The van der Waals surface area contributed by atoms with E-state index in [0.29, 0.717) is 11.8 Å². The van der Waals surface area contributed by atoms with E-state index in [1.807, 2.05) is 12.1 Å². The molecule has 0 spiro atoms. The molecule has 0 saturated carbocycles. The highest BCUT2D eigenvalue weighted by Crippen LogP contribution is 2.29. The second-order valence-corrected chi connectivity index (χ2v) is 5.87. The Morgan fingerprint density at radius 1 is 1.21 bits per heavy atom. The number of phenolic OH excluding ortho intramolecular Hbond substituents is 1. The maximum atomic E-state index is 9.71. The molecule has 0 aliphatic carbocycles. The van der Waals surface area contributed by atoms with E-state index in [1.54, 1.807) is 6.07 Å². The fourth-order valence-corrected chi connectivity index (χ4v) is 2.78. The Hall–Kier alpha value is -1.06. The Morgan fingerprint density at radius 3 is 2.58 bits per heavy atom. The molecule has 0 bridgehead atoms. The second-order valence-electron chi connectivity index (χ2n) is 5.87. The average molecular weight is 262 g/mol. The van der Waals surface area contributed by atoms with Gasteiger partial charge in [0.1, 0.15) is 5.75 Å². The van der Waals surface area contributed by atoms with Gasteiger partial charge in [-0.05, 0) is 36.5 Å². The summed E-state index contributed by atoms with van der Waals surface area (Å²) in [5.41, 5.74) is 1.25. The fraction of sp³-hybridized carbons (Fsp3) is 0.625. The zero-order valence-corrected chi connectivity index (χ0v) is 12.1. The minimum Gasteiger partial charge on any atom is -0.508 e. The van der Waals surface area contributed by atoms with Gasteiger partial charge in [0, 0.05) is 32.2 Å². The largest absolute Gasteiger partial charge is 0.508 e. The Labute approximate surface area is 116 Å². The van der Waals surface area contributed by atoms with Crippen LogP contribution >= 0.6 is 0 Å². The van der Waals surface area contributed by atoms with Crippen LogP contribution in [0.3, 0.4) is 0 Å². The zero-order chi connectivity index (χ0) is 13.7. The Kier molecular flexibility index (Phi) is 5.23. The van der Waals surface area contributed by atoms with Crippen molar-refractivity contribution in [1.29, 1.82) is 0 Å². The highest BCUT2D eigenvalue weighted by molar-refractivity contribution is 5.29. The van der Waals surface area contributed by atoms with Crippen LogP contribution in [0.15, 0.2) is 24.3 Å². The van der Waals surface area contributed by atoms with Gasteiger partial charge in [0.2, 0.25) is 0 Å². The molecule has 1 heterocycles. The zero-order valence-electron chi connectivity index (χ0n) is 12.1. The molecular weight excluding hydrogens is 236 g/mol. The van der Waals surface area contributed by atoms with E-state index in [9.17, 15) is 5.11 Å². The minimum atomic E-state index is 0.377. The number of piperazine rings is 1.